The minimum absolute atomic E-state index is 0.405. The monoisotopic (exact) mass is 88.1 g/mol. The van der Waals surface area contributed by atoms with Crippen LogP contribution in [0, 0.1) is 0 Å². The minimum Gasteiger partial charge on any atom is -0.0533 e. The smallest absolute Gasteiger partial charge is 0.0267 e. The molecule has 0 aromatic heterocycles. The summed E-state index contributed by atoms with van der Waals surface area (Å²) >= 11 is 0. The molecule has 36 valence electrons. The Labute approximate surface area is 45.2 Å². The molecule has 0 spiro atoms. The largest absolute Gasteiger partial charge is 0.0533 e. The Bertz CT molecular complexity index is 90.3. The van der Waals surface area contributed by atoms with Crippen LogP contribution in [0.25, 0.3) is 0 Å². The highest BCUT2D eigenvalue weighted by Crippen LogP contribution is 2.15. The summed E-state index contributed by atoms with van der Waals surface area (Å²) in [6.07, 6.45) is -0.897. The van der Waals surface area contributed by atoms with Crippen molar-refractivity contribution in [3.63, 3.8) is 0 Å². The van der Waals surface area contributed by atoms with Gasteiger partial charge in [0.25, 0.3) is 0 Å². The van der Waals surface area contributed by atoms with Gasteiger partial charge < -0.3 is 0 Å². The van der Waals surface area contributed by atoms with Crippen molar-refractivity contribution in [3.8, 4) is 0 Å². The van der Waals surface area contributed by atoms with Crippen LogP contribution in [0.5, 0.6) is 0 Å². The predicted molar refractivity (Wildman–Crippen MR) is 27.7 cm³/mol. The van der Waals surface area contributed by atoms with E-state index in [9.17, 15) is 0 Å². The third-order valence-electron chi connectivity index (χ3n) is 0.878. The summed E-state index contributed by atoms with van der Waals surface area (Å²) in [6, 6.07) is 0. The summed E-state index contributed by atoms with van der Waals surface area (Å²) < 4.78 is 29.2. The van der Waals surface area contributed by atoms with E-state index in [-0.39, 0.29) is 0 Å². The topological polar surface area (TPSA) is 0 Å². The summed E-state index contributed by atoms with van der Waals surface area (Å²) in [4.78, 5) is 0. The number of hydrogen-bond acceptors (Lipinski definition) is 0. The second kappa shape index (κ2) is 2.22. The third-order valence-corrected chi connectivity index (χ3v) is 0.878. The Morgan fingerprint density at radius 3 is 1.50 bits per heavy atom. The average Bonchev–Trinajstić information content (AvgIpc) is 1.84. The van der Waals surface area contributed by atoms with Crippen molar-refractivity contribution in [1.82, 2.24) is 0 Å². The van der Waals surface area contributed by atoms with Crippen molar-refractivity contribution in [2.45, 2.75) is 38.4 Å². The van der Waals surface area contributed by atoms with E-state index in [1.807, 2.05) is 0 Å². The van der Waals surface area contributed by atoms with Crippen molar-refractivity contribution in [1.29, 1.82) is 0 Å². The molecule has 1 aliphatic carbocycles. The highest BCUT2D eigenvalue weighted by molar-refractivity contribution is 4.51. The highest BCUT2D eigenvalue weighted by Gasteiger charge is 1.95. The van der Waals surface area contributed by atoms with Crippen LogP contribution >= 0.6 is 0 Å². The van der Waals surface area contributed by atoms with Gasteiger partial charge >= 0.3 is 0 Å². The first-order valence-corrected chi connectivity index (χ1v) is 2.30. The van der Waals surface area contributed by atoms with E-state index < -0.39 is 25.6 Å². The molecule has 0 radical (unpaired) electrons. The molecule has 1 rings (SSSR count). The molecule has 4 unspecified atom stereocenters. The van der Waals surface area contributed by atoms with Gasteiger partial charge in [0.2, 0.25) is 0 Å². The molecule has 1 aliphatic rings. The van der Waals surface area contributed by atoms with Crippen LogP contribution in [0.15, 0.2) is 0 Å². The van der Waals surface area contributed by atoms with E-state index in [1.165, 1.54) is 0 Å². The Morgan fingerprint density at radius 2 is 1.17 bits per heavy atom. The molecule has 0 saturated heterocycles. The lowest BCUT2D eigenvalue weighted by Gasteiger charge is -2.05. The highest BCUT2D eigenvalue weighted by atomic mass is 14.0. The fourth-order valence-electron chi connectivity index (χ4n) is 0.542. The molecular formula is C6H12. The Morgan fingerprint density at radius 1 is 0.833 bits per heavy atom. The maximum absolute atomic E-state index is 7.31. The van der Waals surface area contributed by atoms with Crippen LogP contribution in [0.2, 0.25) is 0 Å². The average molecular weight is 88.2 g/mol. The third kappa shape index (κ3) is 1.00. The van der Waals surface area contributed by atoms with E-state index >= 15 is 0 Å². The van der Waals surface area contributed by atoms with Crippen LogP contribution in [0.1, 0.15) is 43.9 Å². The van der Waals surface area contributed by atoms with E-state index in [4.69, 9.17) is 5.48 Å². The van der Waals surface area contributed by atoms with Gasteiger partial charge in [-0.2, -0.15) is 0 Å². The molecule has 0 heteroatoms. The number of rotatable bonds is 0. The second-order valence-corrected chi connectivity index (χ2v) is 1.41. The molecule has 6 heavy (non-hydrogen) atoms. The van der Waals surface area contributed by atoms with Gasteiger partial charge in [-0.15, -0.1) is 0 Å². The van der Waals surface area contributed by atoms with E-state index in [0.717, 1.165) is 0 Å². The zero-order valence-corrected chi connectivity index (χ0v) is 3.72. The summed E-state index contributed by atoms with van der Waals surface area (Å²) in [5, 5.41) is 0. The molecule has 0 amide bonds. The SMILES string of the molecule is [2H]C1CC([2H])C([2H])CC1[2H]. The quantitative estimate of drug-likeness (QED) is 0.426. The van der Waals surface area contributed by atoms with Gasteiger partial charge in [0, 0.05) is 5.48 Å². The van der Waals surface area contributed by atoms with Gasteiger partial charge in [0.15, 0.2) is 0 Å². The Balaban J connectivity index is 2.46. The van der Waals surface area contributed by atoms with Crippen LogP contribution in [0.4, 0.5) is 0 Å². The molecule has 0 aliphatic heterocycles. The van der Waals surface area contributed by atoms with Crippen LogP contribution < -0.4 is 0 Å². The van der Waals surface area contributed by atoms with Gasteiger partial charge in [-0.1, -0.05) is 38.4 Å². The van der Waals surface area contributed by atoms with Crippen LogP contribution in [0.3, 0.4) is 0 Å². The molecule has 4 atom stereocenters. The summed E-state index contributed by atoms with van der Waals surface area (Å²) in [5.41, 5.74) is 0. The molecule has 0 nitrogen and oxygen atoms in total. The molecule has 0 aromatic carbocycles. The molecule has 0 aromatic rings. The Kier molecular flexibility index (Phi) is 0.556. The maximum atomic E-state index is 7.31. The van der Waals surface area contributed by atoms with Crippen molar-refractivity contribution in [3.05, 3.63) is 0 Å². The molecule has 0 N–H and O–H groups in total. The maximum Gasteiger partial charge on any atom is 0.0267 e. The van der Waals surface area contributed by atoms with Crippen molar-refractivity contribution in [2.75, 3.05) is 0 Å². The zero-order valence-electron chi connectivity index (χ0n) is 7.72. The first-order valence-electron chi connectivity index (χ1n) is 4.61. The van der Waals surface area contributed by atoms with E-state index in [2.05, 4.69) is 0 Å². The summed E-state index contributed by atoms with van der Waals surface area (Å²) in [5.74, 6) is 0. The summed E-state index contributed by atoms with van der Waals surface area (Å²) in [6.45, 7) is 0. The lowest BCUT2D eigenvalue weighted by Crippen LogP contribution is -1.85. The van der Waals surface area contributed by atoms with Gasteiger partial charge in [0.1, 0.15) is 0 Å². The normalized spacial score (nSPS) is 82.7. The lowest BCUT2D eigenvalue weighted by molar-refractivity contribution is 0.504. The summed E-state index contributed by atoms with van der Waals surface area (Å²) in [7, 11) is 0. The lowest BCUT2D eigenvalue weighted by atomic mass is 10.0. The second-order valence-electron chi connectivity index (χ2n) is 1.41. The first kappa shape index (κ1) is 1.50. The number of hydrogen-bond donors (Lipinski definition) is 0. The van der Waals surface area contributed by atoms with Crippen molar-refractivity contribution in [2.24, 2.45) is 0 Å². The van der Waals surface area contributed by atoms with E-state index in [0.29, 0.717) is 12.8 Å². The van der Waals surface area contributed by atoms with Gasteiger partial charge in [-0.25, -0.2) is 0 Å². The molecule has 0 bridgehead atoms. The van der Waals surface area contributed by atoms with Crippen molar-refractivity contribution >= 4 is 0 Å². The molecule has 1 fully saturated rings. The zero-order chi connectivity index (χ0) is 7.72. The van der Waals surface area contributed by atoms with Crippen LogP contribution in [-0.2, 0) is 0 Å². The fraction of sp³-hybridized carbons (Fsp3) is 1.00. The molecular weight excluding hydrogens is 72.1 g/mol. The van der Waals surface area contributed by atoms with Gasteiger partial charge in [0.05, 0.1) is 0 Å². The van der Waals surface area contributed by atoms with Gasteiger partial charge in [-0.05, 0) is 0 Å². The fourth-order valence-corrected chi connectivity index (χ4v) is 0.542. The van der Waals surface area contributed by atoms with Crippen LogP contribution in [-0.4, -0.2) is 0 Å². The molecule has 1 saturated carbocycles. The first-order chi connectivity index (χ1) is 4.61. The standard InChI is InChI=1S/C6H12/c1-2-4-6-5-3-1/h1-6H2/i1D,2D,5D,6D. The minimum atomic E-state index is -0.427. The van der Waals surface area contributed by atoms with E-state index in [1.54, 1.807) is 0 Å². The van der Waals surface area contributed by atoms with Gasteiger partial charge in [-0.3, -0.25) is 0 Å². The molecule has 0 heterocycles. The van der Waals surface area contributed by atoms with Crippen molar-refractivity contribution < 1.29 is 5.48 Å². The predicted octanol–water partition coefficient (Wildman–Crippen LogP) is 2.34. The Hall–Kier alpha value is 0.